The lowest BCUT2D eigenvalue weighted by molar-refractivity contribution is -0.384. The maximum absolute atomic E-state index is 11.9. The molecule has 0 aliphatic carbocycles. The first-order valence-corrected chi connectivity index (χ1v) is 8.64. The fourth-order valence-corrected chi connectivity index (χ4v) is 3.19. The molecule has 1 aromatic rings. The number of amides is 1. The predicted molar refractivity (Wildman–Crippen MR) is 97.3 cm³/mol. The van der Waals surface area contributed by atoms with E-state index in [4.69, 9.17) is 16.3 Å². The van der Waals surface area contributed by atoms with E-state index < -0.39 is 16.6 Å². The van der Waals surface area contributed by atoms with Gasteiger partial charge in [0.25, 0.3) is 5.69 Å². The van der Waals surface area contributed by atoms with Crippen LogP contribution in [0.15, 0.2) is 18.2 Å². The predicted octanol–water partition coefficient (Wildman–Crippen LogP) is 4.13. The van der Waals surface area contributed by atoms with Crippen molar-refractivity contribution >= 4 is 29.1 Å². The average molecular weight is 370 g/mol. The van der Waals surface area contributed by atoms with Gasteiger partial charge in [0, 0.05) is 29.7 Å². The van der Waals surface area contributed by atoms with E-state index in [2.05, 4.69) is 5.32 Å². The fourth-order valence-electron chi connectivity index (χ4n) is 3.02. The minimum absolute atomic E-state index is 0.00194. The Hall–Kier alpha value is -2.02. The second-order valence-corrected chi connectivity index (χ2v) is 7.74. The summed E-state index contributed by atoms with van der Waals surface area (Å²) in [5, 5.41) is 14.5. The van der Waals surface area contributed by atoms with Crippen LogP contribution in [0.3, 0.4) is 0 Å². The monoisotopic (exact) mass is 369 g/mol. The highest BCUT2D eigenvalue weighted by Gasteiger charge is 2.31. The molecule has 1 aliphatic rings. The molecule has 0 aromatic heterocycles. The van der Waals surface area contributed by atoms with Gasteiger partial charge in [-0.2, -0.15) is 0 Å². The Balaban J connectivity index is 2.05. The number of rotatable bonds is 3. The van der Waals surface area contributed by atoms with Crippen molar-refractivity contribution in [3.63, 3.8) is 0 Å². The average Bonchev–Trinajstić information content (AvgIpc) is 2.45. The minimum atomic E-state index is -0.541. The zero-order valence-electron chi connectivity index (χ0n) is 14.9. The van der Waals surface area contributed by atoms with E-state index in [0.717, 1.165) is 0 Å². The molecule has 2 atom stereocenters. The molecular formula is C17H24ClN3O4. The molecule has 0 bridgehead atoms. The van der Waals surface area contributed by atoms with Crippen LogP contribution in [0.1, 0.15) is 40.5 Å². The summed E-state index contributed by atoms with van der Waals surface area (Å²) in [6, 6.07) is 4.72. The quantitative estimate of drug-likeness (QED) is 0.639. The van der Waals surface area contributed by atoms with E-state index >= 15 is 0 Å². The Kier molecular flexibility index (Phi) is 5.77. The highest BCUT2D eigenvalue weighted by atomic mass is 35.5. The van der Waals surface area contributed by atoms with E-state index in [1.54, 1.807) is 12.1 Å². The van der Waals surface area contributed by atoms with Crippen molar-refractivity contribution in [3.05, 3.63) is 33.3 Å². The van der Waals surface area contributed by atoms with E-state index in [1.165, 1.54) is 6.07 Å². The summed E-state index contributed by atoms with van der Waals surface area (Å²) in [6.45, 7) is 8.04. The van der Waals surface area contributed by atoms with E-state index in [-0.39, 0.29) is 17.8 Å². The van der Waals surface area contributed by atoms with Crippen molar-refractivity contribution in [2.45, 2.75) is 58.2 Å². The molecular weight excluding hydrogens is 346 g/mol. The zero-order valence-corrected chi connectivity index (χ0v) is 15.7. The number of hydrogen-bond donors (Lipinski definition) is 1. The van der Waals surface area contributed by atoms with Crippen LogP contribution < -0.4 is 10.2 Å². The van der Waals surface area contributed by atoms with E-state index in [0.29, 0.717) is 30.1 Å². The van der Waals surface area contributed by atoms with Crippen molar-refractivity contribution in [3.8, 4) is 0 Å². The number of carbonyl (C=O) groups is 1. The summed E-state index contributed by atoms with van der Waals surface area (Å²) in [5.74, 6) is 0. The summed E-state index contributed by atoms with van der Waals surface area (Å²) < 4.78 is 5.28. The lowest BCUT2D eigenvalue weighted by Crippen LogP contribution is -2.50. The molecule has 7 nitrogen and oxygen atoms in total. The number of nitrogens with one attached hydrogen (secondary N) is 1. The molecule has 2 rings (SSSR count). The number of anilines is 1. The van der Waals surface area contributed by atoms with Crippen LogP contribution in [0.5, 0.6) is 0 Å². The Bertz CT molecular complexity index is 660. The number of ether oxygens (including phenoxy) is 1. The molecule has 1 N–H and O–H groups in total. The Morgan fingerprint density at radius 2 is 2.12 bits per heavy atom. The molecule has 0 radical (unpaired) electrons. The molecule has 1 heterocycles. The van der Waals surface area contributed by atoms with Crippen molar-refractivity contribution < 1.29 is 14.5 Å². The van der Waals surface area contributed by atoms with Gasteiger partial charge < -0.3 is 15.0 Å². The second-order valence-electron chi connectivity index (χ2n) is 7.30. The lowest BCUT2D eigenvalue weighted by atomic mass is 9.97. The van der Waals surface area contributed by atoms with Crippen LogP contribution in [0, 0.1) is 10.1 Å². The molecule has 1 saturated heterocycles. The third-order valence-corrected chi connectivity index (χ3v) is 4.28. The maximum Gasteiger partial charge on any atom is 0.407 e. The summed E-state index contributed by atoms with van der Waals surface area (Å²) in [5.41, 5.74) is 0.0101. The van der Waals surface area contributed by atoms with Crippen LogP contribution >= 0.6 is 11.6 Å². The third-order valence-electron chi connectivity index (χ3n) is 4.04. The highest BCUT2D eigenvalue weighted by Crippen LogP contribution is 2.34. The van der Waals surface area contributed by atoms with Gasteiger partial charge in [0.2, 0.25) is 0 Å². The summed E-state index contributed by atoms with van der Waals surface area (Å²) >= 11 is 5.89. The third kappa shape index (κ3) is 5.22. The first-order valence-electron chi connectivity index (χ1n) is 8.27. The fraction of sp³-hybridized carbons (Fsp3) is 0.588. The molecule has 25 heavy (non-hydrogen) atoms. The van der Waals surface area contributed by atoms with Gasteiger partial charge in [-0.25, -0.2) is 4.79 Å². The molecule has 1 fully saturated rings. The van der Waals surface area contributed by atoms with Crippen molar-refractivity contribution in [2.75, 3.05) is 11.4 Å². The minimum Gasteiger partial charge on any atom is -0.444 e. The van der Waals surface area contributed by atoms with Crippen molar-refractivity contribution in [1.29, 1.82) is 0 Å². The zero-order chi connectivity index (χ0) is 18.8. The molecule has 8 heteroatoms. The summed E-state index contributed by atoms with van der Waals surface area (Å²) in [4.78, 5) is 24.8. The van der Waals surface area contributed by atoms with Crippen molar-refractivity contribution in [2.24, 2.45) is 0 Å². The van der Waals surface area contributed by atoms with Gasteiger partial charge in [-0.3, -0.25) is 10.1 Å². The number of carbonyl (C=O) groups excluding carboxylic acids is 1. The Labute approximate surface area is 152 Å². The van der Waals surface area contributed by atoms with Gasteiger partial charge in [-0.1, -0.05) is 11.6 Å². The molecule has 2 unspecified atom stereocenters. The van der Waals surface area contributed by atoms with Gasteiger partial charge >= 0.3 is 6.09 Å². The first-order chi connectivity index (χ1) is 11.6. The Morgan fingerprint density at radius 1 is 1.44 bits per heavy atom. The lowest BCUT2D eigenvalue weighted by Gasteiger charge is -2.39. The number of alkyl carbamates (subject to hydrolysis) is 1. The molecule has 1 aromatic carbocycles. The van der Waals surface area contributed by atoms with E-state index in [9.17, 15) is 14.9 Å². The van der Waals surface area contributed by atoms with Crippen LogP contribution in [-0.4, -0.2) is 35.2 Å². The van der Waals surface area contributed by atoms with Crippen LogP contribution in [0.2, 0.25) is 5.02 Å². The van der Waals surface area contributed by atoms with Crippen LogP contribution in [0.4, 0.5) is 16.2 Å². The van der Waals surface area contributed by atoms with Gasteiger partial charge in [0.1, 0.15) is 11.3 Å². The molecule has 1 amide bonds. The number of nitrogens with zero attached hydrogens (tertiary/aromatic N) is 2. The van der Waals surface area contributed by atoms with Gasteiger partial charge in [0.05, 0.1) is 4.92 Å². The second kappa shape index (κ2) is 7.47. The number of halogens is 1. The number of hydrogen-bond acceptors (Lipinski definition) is 5. The number of nitro groups is 1. The SMILES string of the molecule is CC1CC(NC(=O)OC(C)(C)C)CCN1c1ccc(Cl)cc1[N+](=O)[O-]. The van der Waals surface area contributed by atoms with Crippen molar-refractivity contribution in [1.82, 2.24) is 5.32 Å². The summed E-state index contributed by atoms with van der Waals surface area (Å²) in [7, 11) is 0. The molecule has 138 valence electrons. The Morgan fingerprint density at radius 3 is 2.68 bits per heavy atom. The summed E-state index contributed by atoms with van der Waals surface area (Å²) in [6.07, 6.45) is 0.929. The molecule has 0 saturated carbocycles. The number of piperidine rings is 1. The molecule has 0 spiro atoms. The topological polar surface area (TPSA) is 84.7 Å². The van der Waals surface area contributed by atoms with Crippen LogP contribution in [-0.2, 0) is 4.74 Å². The number of benzene rings is 1. The normalized spacial score (nSPS) is 20.9. The number of nitro benzene ring substituents is 1. The van der Waals surface area contributed by atoms with E-state index in [1.807, 2.05) is 32.6 Å². The standard InChI is InChI=1S/C17H24ClN3O4/c1-11-9-13(19-16(22)25-17(2,3)4)7-8-20(11)14-6-5-12(18)10-15(14)21(23)24/h5-6,10-11,13H,7-9H2,1-4H3,(H,19,22). The maximum atomic E-state index is 11.9. The van der Waals surface area contributed by atoms with Gasteiger partial charge in [0.15, 0.2) is 0 Å². The van der Waals surface area contributed by atoms with Crippen LogP contribution in [0.25, 0.3) is 0 Å². The smallest absolute Gasteiger partial charge is 0.407 e. The highest BCUT2D eigenvalue weighted by molar-refractivity contribution is 6.30. The first kappa shape index (κ1) is 19.3. The van der Waals surface area contributed by atoms with Gasteiger partial charge in [-0.15, -0.1) is 0 Å². The van der Waals surface area contributed by atoms with Gasteiger partial charge in [-0.05, 0) is 52.7 Å². The molecule has 1 aliphatic heterocycles. The largest absolute Gasteiger partial charge is 0.444 e.